The van der Waals surface area contributed by atoms with Gasteiger partial charge in [-0.2, -0.15) is 16.8 Å². The Labute approximate surface area is 102 Å². The summed E-state index contributed by atoms with van der Waals surface area (Å²) in [6.45, 7) is 4.80. The molecule has 0 atom stereocenters. The lowest BCUT2D eigenvalue weighted by Gasteiger charge is -2.22. The predicted octanol–water partition coefficient (Wildman–Crippen LogP) is -0.0107. The van der Waals surface area contributed by atoms with Gasteiger partial charge < -0.3 is 0 Å². The van der Waals surface area contributed by atoms with Crippen LogP contribution in [-0.4, -0.2) is 39.6 Å². The fourth-order valence-corrected chi connectivity index (χ4v) is 6.20. The highest BCUT2D eigenvalue weighted by molar-refractivity contribution is 7.84. The Hall–Kier alpha value is -0.303. The van der Waals surface area contributed by atoms with Crippen molar-refractivity contribution < 1.29 is 32.9 Å². The lowest BCUT2D eigenvalue weighted by molar-refractivity contribution is 0.279. The maximum absolute atomic E-state index is 11.1. The SMILES string of the molecule is C=C[Si](CC)(OS(=O)(=O)OC)OS(=O)(=O)OC. The summed E-state index contributed by atoms with van der Waals surface area (Å²) >= 11 is 0. The average Bonchev–Trinajstić information content (AvgIpc) is 2.27. The van der Waals surface area contributed by atoms with Crippen LogP contribution in [-0.2, 0) is 36.9 Å². The molecule has 0 fully saturated rings. The molecule has 0 N–H and O–H groups in total. The number of rotatable bonds is 8. The first-order valence-electron chi connectivity index (χ1n) is 4.32. The molecule has 0 aromatic rings. The van der Waals surface area contributed by atoms with E-state index >= 15 is 0 Å². The molecule has 0 saturated carbocycles. The van der Waals surface area contributed by atoms with E-state index in [9.17, 15) is 16.8 Å². The molecular formula is C6H14O8S2Si. The van der Waals surface area contributed by atoms with Gasteiger partial charge in [0.05, 0.1) is 14.2 Å². The molecule has 0 heterocycles. The summed E-state index contributed by atoms with van der Waals surface area (Å²) in [6.07, 6.45) is 0. The first kappa shape index (κ1) is 16.7. The van der Waals surface area contributed by atoms with Crippen LogP contribution in [0.5, 0.6) is 0 Å². The minimum atomic E-state index is -4.34. The van der Waals surface area contributed by atoms with Crippen LogP contribution in [0.25, 0.3) is 0 Å². The molecule has 0 aliphatic heterocycles. The normalized spacial score (nSPS) is 13.6. The van der Waals surface area contributed by atoms with Crippen LogP contribution < -0.4 is 0 Å². The zero-order valence-corrected chi connectivity index (χ0v) is 12.2. The zero-order valence-electron chi connectivity index (χ0n) is 9.57. The maximum Gasteiger partial charge on any atom is 0.405 e. The molecule has 0 aromatic heterocycles. The Morgan fingerprint density at radius 3 is 1.59 bits per heavy atom. The molecule has 0 saturated heterocycles. The van der Waals surface area contributed by atoms with E-state index in [0.717, 1.165) is 19.9 Å². The lowest BCUT2D eigenvalue weighted by atomic mass is 11.0. The summed E-state index contributed by atoms with van der Waals surface area (Å²) < 4.78 is 61.9. The molecule has 102 valence electrons. The third-order valence-electron chi connectivity index (χ3n) is 1.70. The largest absolute Gasteiger partial charge is 0.405 e. The second kappa shape index (κ2) is 6.04. The van der Waals surface area contributed by atoms with Crippen LogP contribution in [0, 0.1) is 0 Å². The van der Waals surface area contributed by atoms with E-state index in [4.69, 9.17) is 0 Å². The monoisotopic (exact) mass is 306 g/mol. The number of hydrogen-bond acceptors (Lipinski definition) is 8. The van der Waals surface area contributed by atoms with Crippen molar-refractivity contribution in [1.82, 2.24) is 0 Å². The second-order valence-electron chi connectivity index (χ2n) is 2.69. The van der Waals surface area contributed by atoms with Crippen molar-refractivity contribution in [3.63, 3.8) is 0 Å². The van der Waals surface area contributed by atoms with Gasteiger partial charge in [0.15, 0.2) is 0 Å². The van der Waals surface area contributed by atoms with Crippen LogP contribution in [0.1, 0.15) is 6.92 Å². The van der Waals surface area contributed by atoms with Crippen molar-refractivity contribution >= 4 is 29.4 Å². The predicted molar refractivity (Wildman–Crippen MR) is 60.5 cm³/mol. The molecule has 0 bridgehead atoms. The van der Waals surface area contributed by atoms with Gasteiger partial charge in [-0.25, -0.2) is 0 Å². The zero-order chi connectivity index (χ0) is 13.7. The maximum atomic E-state index is 11.1. The highest BCUT2D eigenvalue weighted by Crippen LogP contribution is 2.21. The highest BCUT2D eigenvalue weighted by atomic mass is 32.3. The molecule has 0 unspecified atom stereocenters. The standard InChI is InChI=1S/C6H14O8S2Si/c1-5-17(6-2,13-15(7,8)11-3)14-16(9,10)12-4/h5H,1,6H2,2-4H3. The summed E-state index contributed by atoms with van der Waals surface area (Å²) in [7, 11) is -10.6. The average molecular weight is 306 g/mol. The minimum absolute atomic E-state index is 0.0122. The summed E-state index contributed by atoms with van der Waals surface area (Å²) in [5, 5.41) is 0. The first-order chi connectivity index (χ1) is 7.66. The molecule has 0 aliphatic carbocycles. The Bertz CT molecular complexity index is 416. The Morgan fingerprint density at radius 1 is 1.06 bits per heavy atom. The lowest BCUT2D eigenvalue weighted by Crippen LogP contribution is -2.43. The van der Waals surface area contributed by atoms with Crippen molar-refractivity contribution in [2.75, 3.05) is 14.2 Å². The molecule has 0 amide bonds. The van der Waals surface area contributed by atoms with E-state index in [-0.39, 0.29) is 6.04 Å². The molecule has 0 radical (unpaired) electrons. The molecular weight excluding hydrogens is 292 g/mol. The van der Waals surface area contributed by atoms with Gasteiger partial charge in [-0.1, -0.05) is 6.92 Å². The summed E-state index contributed by atoms with van der Waals surface area (Å²) in [5.74, 6) is 0. The van der Waals surface area contributed by atoms with E-state index in [0.29, 0.717) is 0 Å². The summed E-state index contributed by atoms with van der Waals surface area (Å²) in [6, 6.07) is -0.0122. The van der Waals surface area contributed by atoms with Crippen LogP contribution >= 0.6 is 0 Å². The third kappa shape index (κ3) is 5.24. The molecule has 0 aliphatic rings. The fourth-order valence-electron chi connectivity index (χ4n) is 0.758. The molecule has 0 spiro atoms. The van der Waals surface area contributed by atoms with Crippen molar-refractivity contribution in [2.24, 2.45) is 0 Å². The van der Waals surface area contributed by atoms with Crippen LogP contribution in [0.15, 0.2) is 12.3 Å². The highest BCUT2D eigenvalue weighted by Gasteiger charge is 2.43. The quantitative estimate of drug-likeness (QED) is 0.576. The van der Waals surface area contributed by atoms with E-state index in [1.54, 1.807) is 0 Å². The summed E-state index contributed by atoms with van der Waals surface area (Å²) in [5.41, 5.74) is 1.01. The molecule has 0 aromatic carbocycles. The molecule has 0 rings (SSSR count). The first-order valence-corrected chi connectivity index (χ1v) is 9.08. The van der Waals surface area contributed by atoms with Gasteiger partial charge in [0.25, 0.3) is 0 Å². The Kier molecular flexibility index (Phi) is 5.93. The minimum Gasteiger partial charge on any atom is -0.258 e. The van der Waals surface area contributed by atoms with E-state index < -0.39 is 29.4 Å². The number of hydrogen-bond donors (Lipinski definition) is 0. The van der Waals surface area contributed by atoms with Crippen molar-refractivity contribution in [3.05, 3.63) is 12.3 Å². The second-order valence-corrected chi connectivity index (χ2v) is 9.06. The fraction of sp³-hybridized carbons (Fsp3) is 0.667. The third-order valence-corrected chi connectivity index (χ3v) is 8.01. The van der Waals surface area contributed by atoms with Crippen LogP contribution in [0.4, 0.5) is 0 Å². The van der Waals surface area contributed by atoms with Crippen molar-refractivity contribution in [1.29, 1.82) is 0 Å². The smallest absolute Gasteiger partial charge is 0.258 e. The van der Waals surface area contributed by atoms with Crippen molar-refractivity contribution in [3.8, 4) is 0 Å². The van der Waals surface area contributed by atoms with E-state index in [1.165, 1.54) is 6.92 Å². The van der Waals surface area contributed by atoms with Gasteiger partial charge in [0.1, 0.15) is 0 Å². The van der Waals surface area contributed by atoms with Gasteiger partial charge >= 0.3 is 29.4 Å². The Morgan fingerprint density at radius 2 is 1.41 bits per heavy atom. The van der Waals surface area contributed by atoms with Gasteiger partial charge in [-0.15, -0.1) is 6.58 Å². The van der Waals surface area contributed by atoms with Gasteiger partial charge in [0, 0.05) is 0 Å². The van der Waals surface area contributed by atoms with Gasteiger partial charge in [0.2, 0.25) is 0 Å². The topological polar surface area (TPSA) is 105 Å². The molecule has 17 heavy (non-hydrogen) atoms. The van der Waals surface area contributed by atoms with E-state index in [2.05, 4.69) is 22.7 Å². The van der Waals surface area contributed by atoms with Gasteiger partial charge in [-0.05, 0) is 11.7 Å². The van der Waals surface area contributed by atoms with Crippen molar-refractivity contribution in [2.45, 2.75) is 13.0 Å². The Balaban J connectivity index is 5.26. The van der Waals surface area contributed by atoms with Gasteiger partial charge in [-0.3, -0.25) is 16.1 Å². The molecule has 11 heteroatoms. The molecule has 8 nitrogen and oxygen atoms in total. The van der Waals surface area contributed by atoms with Crippen LogP contribution in [0.3, 0.4) is 0 Å². The van der Waals surface area contributed by atoms with Crippen LogP contribution in [0.2, 0.25) is 6.04 Å². The summed E-state index contributed by atoms with van der Waals surface area (Å²) in [4.78, 5) is 0. The van der Waals surface area contributed by atoms with E-state index in [1.807, 2.05) is 0 Å².